The van der Waals surface area contributed by atoms with Crippen molar-refractivity contribution in [3.63, 3.8) is 0 Å². The highest BCUT2D eigenvalue weighted by Gasteiger charge is 2.24. The van der Waals surface area contributed by atoms with Gasteiger partial charge in [0, 0.05) is 0 Å². The molecule has 0 aliphatic carbocycles. The summed E-state index contributed by atoms with van der Waals surface area (Å²) >= 11 is 0. The number of ether oxygens (including phenoxy) is 1. The number of rotatable bonds is 7. The first kappa shape index (κ1) is 15.6. The Hall–Kier alpha value is -1.49. The predicted octanol–water partition coefficient (Wildman–Crippen LogP) is 4.79. The maximum Gasteiger partial charge on any atom is 0.122 e. The van der Waals surface area contributed by atoms with E-state index >= 15 is 0 Å². The maximum absolute atomic E-state index is 9.28. The summed E-state index contributed by atoms with van der Waals surface area (Å²) in [6, 6.07) is 8.61. The largest absolute Gasteiger partial charge is 0.493 e. The van der Waals surface area contributed by atoms with E-state index in [4.69, 9.17) is 4.74 Å². The Kier molecular flexibility index (Phi) is 5.89. The van der Waals surface area contributed by atoms with Crippen LogP contribution in [-0.4, -0.2) is 6.61 Å². The van der Waals surface area contributed by atoms with Gasteiger partial charge in [-0.05, 0) is 56.7 Å². The Labute approximate surface area is 117 Å². The fourth-order valence-electron chi connectivity index (χ4n) is 2.29. The first-order valence-electron chi connectivity index (χ1n) is 7.19. The van der Waals surface area contributed by atoms with Crippen LogP contribution < -0.4 is 4.74 Å². The summed E-state index contributed by atoms with van der Waals surface area (Å²) in [6.07, 6.45) is 3.69. The topological polar surface area (TPSA) is 33.0 Å². The normalized spacial score (nSPS) is 11.1. The lowest BCUT2D eigenvalue weighted by Crippen LogP contribution is -2.17. The van der Waals surface area contributed by atoms with Gasteiger partial charge in [0.15, 0.2) is 0 Å². The highest BCUT2D eigenvalue weighted by molar-refractivity contribution is 5.38. The predicted molar refractivity (Wildman–Crippen MR) is 79.3 cm³/mol. The van der Waals surface area contributed by atoms with Crippen LogP contribution in [0.25, 0.3) is 0 Å². The van der Waals surface area contributed by atoms with E-state index in [1.807, 2.05) is 12.1 Å². The second-order valence-electron chi connectivity index (χ2n) is 5.25. The minimum Gasteiger partial charge on any atom is -0.493 e. The van der Waals surface area contributed by atoms with Gasteiger partial charge in [0.1, 0.15) is 5.75 Å². The second-order valence-corrected chi connectivity index (χ2v) is 5.25. The fraction of sp³-hybridized carbons (Fsp3) is 0.588. The van der Waals surface area contributed by atoms with Crippen molar-refractivity contribution in [1.29, 1.82) is 5.26 Å². The van der Waals surface area contributed by atoms with Gasteiger partial charge in [0.05, 0.1) is 18.1 Å². The van der Waals surface area contributed by atoms with Gasteiger partial charge >= 0.3 is 0 Å². The molecule has 0 bridgehead atoms. The Morgan fingerprint density at radius 1 is 1.21 bits per heavy atom. The van der Waals surface area contributed by atoms with Crippen molar-refractivity contribution in [2.45, 2.75) is 53.4 Å². The molecule has 0 unspecified atom stereocenters. The maximum atomic E-state index is 9.28. The molecule has 0 saturated carbocycles. The lowest BCUT2D eigenvalue weighted by atomic mass is 9.80. The molecule has 0 atom stereocenters. The molecule has 0 radical (unpaired) electrons. The van der Waals surface area contributed by atoms with Gasteiger partial charge in [-0.25, -0.2) is 0 Å². The summed E-state index contributed by atoms with van der Waals surface area (Å²) in [5.41, 5.74) is 2.30. The Morgan fingerprint density at radius 3 is 2.47 bits per heavy atom. The first-order chi connectivity index (χ1) is 9.08. The van der Waals surface area contributed by atoms with Gasteiger partial charge in [-0.2, -0.15) is 5.26 Å². The van der Waals surface area contributed by atoms with Crippen LogP contribution in [0.1, 0.15) is 50.7 Å². The molecule has 19 heavy (non-hydrogen) atoms. The molecule has 2 heteroatoms. The molecule has 0 fully saturated rings. The molecule has 1 rings (SSSR count). The Morgan fingerprint density at radius 2 is 1.89 bits per heavy atom. The average Bonchev–Trinajstić information content (AvgIpc) is 2.44. The zero-order valence-corrected chi connectivity index (χ0v) is 12.6. The molecule has 0 heterocycles. The lowest BCUT2D eigenvalue weighted by molar-refractivity contribution is 0.258. The van der Waals surface area contributed by atoms with Crippen LogP contribution >= 0.6 is 0 Å². The SMILES string of the molecule is CCC(C#N)(CC)CCCOc1cccc(C)c1C. The van der Waals surface area contributed by atoms with Crippen LogP contribution in [0.4, 0.5) is 0 Å². The molecule has 0 spiro atoms. The summed E-state index contributed by atoms with van der Waals surface area (Å²) in [5, 5.41) is 9.28. The van der Waals surface area contributed by atoms with Crippen molar-refractivity contribution < 1.29 is 4.74 Å². The third-order valence-corrected chi connectivity index (χ3v) is 4.20. The van der Waals surface area contributed by atoms with Crippen molar-refractivity contribution in [3.8, 4) is 11.8 Å². The molecule has 0 saturated heterocycles. The molecular weight excluding hydrogens is 234 g/mol. The van der Waals surface area contributed by atoms with E-state index in [0.717, 1.165) is 31.4 Å². The number of hydrogen-bond donors (Lipinski definition) is 0. The summed E-state index contributed by atoms with van der Waals surface area (Å²) < 4.78 is 5.84. The molecule has 1 aromatic carbocycles. The van der Waals surface area contributed by atoms with E-state index in [2.05, 4.69) is 39.8 Å². The van der Waals surface area contributed by atoms with Gasteiger partial charge in [-0.1, -0.05) is 26.0 Å². The molecule has 0 aliphatic rings. The number of hydrogen-bond acceptors (Lipinski definition) is 2. The molecule has 0 N–H and O–H groups in total. The summed E-state index contributed by atoms with van der Waals surface area (Å²) in [6.45, 7) is 9.06. The van der Waals surface area contributed by atoms with Gasteiger partial charge in [-0.15, -0.1) is 0 Å². The van der Waals surface area contributed by atoms with Crippen molar-refractivity contribution in [3.05, 3.63) is 29.3 Å². The minimum atomic E-state index is -0.162. The number of benzene rings is 1. The smallest absolute Gasteiger partial charge is 0.122 e. The van der Waals surface area contributed by atoms with Gasteiger partial charge in [0.25, 0.3) is 0 Å². The van der Waals surface area contributed by atoms with E-state index in [1.54, 1.807) is 0 Å². The molecule has 0 aromatic heterocycles. The number of nitrogens with zero attached hydrogens (tertiary/aromatic N) is 1. The number of nitriles is 1. The molecule has 104 valence electrons. The third kappa shape index (κ3) is 3.99. The van der Waals surface area contributed by atoms with Crippen LogP contribution in [0.15, 0.2) is 18.2 Å². The second kappa shape index (κ2) is 7.19. The zero-order chi connectivity index (χ0) is 14.3. The first-order valence-corrected chi connectivity index (χ1v) is 7.19. The van der Waals surface area contributed by atoms with Crippen LogP contribution in [-0.2, 0) is 0 Å². The molecule has 0 amide bonds. The molecule has 0 aliphatic heterocycles. The van der Waals surface area contributed by atoms with Crippen molar-refractivity contribution in [1.82, 2.24) is 0 Å². The molecule has 2 nitrogen and oxygen atoms in total. The fourth-order valence-corrected chi connectivity index (χ4v) is 2.29. The quantitative estimate of drug-likeness (QED) is 0.659. The van der Waals surface area contributed by atoms with Gasteiger partial charge in [-0.3, -0.25) is 0 Å². The standard InChI is InChI=1S/C17H25NO/c1-5-17(6-2,13-18)11-8-12-19-16-10-7-9-14(3)15(16)4/h7,9-10H,5-6,8,11-12H2,1-4H3. The van der Waals surface area contributed by atoms with E-state index < -0.39 is 0 Å². The van der Waals surface area contributed by atoms with Gasteiger partial charge < -0.3 is 4.74 Å². The van der Waals surface area contributed by atoms with Crippen LogP contribution in [0.5, 0.6) is 5.75 Å². The van der Waals surface area contributed by atoms with E-state index in [1.165, 1.54) is 11.1 Å². The molecule has 1 aromatic rings. The molecular formula is C17H25NO. The Balaban J connectivity index is 2.47. The van der Waals surface area contributed by atoms with E-state index in [0.29, 0.717) is 6.61 Å². The van der Waals surface area contributed by atoms with Crippen LogP contribution in [0.2, 0.25) is 0 Å². The average molecular weight is 259 g/mol. The third-order valence-electron chi connectivity index (χ3n) is 4.20. The van der Waals surface area contributed by atoms with Crippen molar-refractivity contribution in [2.75, 3.05) is 6.61 Å². The lowest BCUT2D eigenvalue weighted by Gasteiger charge is -2.23. The Bertz CT molecular complexity index is 441. The highest BCUT2D eigenvalue weighted by atomic mass is 16.5. The van der Waals surface area contributed by atoms with Crippen LogP contribution in [0, 0.1) is 30.6 Å². The monoisotopic (exact) mass is 259 g/mol. The van der Waals surface area contributed by atoms with E-state index in [9.17, 15) is 5.26 Å². The zero-order valence-electron chi connectivity index (χ0n) is 12.6. The summed E-state index contributed by atoms with van der Waals surface area (Å²) in [5.74, 6) is 0.968. The highest BCUT2D eigenvalue weighted by Crippen LogP contribution is 2.31. The van der Waals surface area contributed by atoms with E-state index in [-0.39, 0.29) is 5.41 Å². The van der Waals surface area contributed by atoms with Crippen molar-refractivity contribution in [2.24, 2.45) is 5.41 Å². The van der Waals surface area contributed by atoms with Crippen LogP contribution in [0.3, 0.4) is 0 Å². The minimum absolute atomic E-state index is 0.162. The number of aryl methyl sites for hydroxylation is 1. The summed E-state index contributed by atoms with van der Waals surface area (Å²) in [4.78, 5) is 0. The van der Waals surface area contributed by atoms with Crippen molar-refractivity contribution >= 4 is 0 Å². The van der Waals surface area contributed by atoms with Gasteiger partial charge in [0.2, 0.25) is 0 Å². The summed E-state index contributed by atoms with van der Waals surface area (Å²) in [7, 11) is 0.